The first-order valence-corrected chi connectivity index (χ1v) is 9.44. The Kier molecular flexibility index (Phi) is 5.86. The van der Waals surface area contributed by atoms with Crippen molar-refractivity contribution in [1.29, 1.82) is 0 Å². The van der Waals surface area contributed by atoms with Crippen molar-refractivity contribution in [3.05, 3.63) is 58.2 Å². The zero-order valence-electron chi connectivity index (χ0n) is 15.2. The summed E-state index contributed by atoms with van der Waals surface area (Å²) in [5.74, 6) is 0.876. The quantitative estimate of drug-likeness (QED) is 0.462. The third kappa shape index (κ3) is 4.40. The van der Waals surface area contributed by atoms with Gasteiger partial charge in [0.2, 0.25) is 5.91 Å². The molecule has 1 N–H and O–H groups in total. The number of anilines is 1. The third-order valence-electron chi connectivity index (χ3n) is 5.49. The highest BCUT2D eigenvalue weighted by molar-refractivity contribution is 5.95. The van der Waals surface area contributed by atoms with Crippen LogP contribution >= 0.6 is 0 Å². The average Bonchev–Trinajstić information content (AvgIpc) is 3.29. The number of benzene rings is 1. The van der Waals surface area contributed by atoms with Gasteiger partial charge >= 0.3 is 0 Å². The van der Waals surface area contributed by atoms with Crippen LogP contribution in [0.25, 0.3) is 0 Å². The molecule has 5 heteroatoms. The fraction of sp³-hybridized carbons (Fsp3) is 0.476. The fourth-order valence-corrected chi connectivity index (χ4v) is 3.94. The van der Waals surface area contributed by atoms with Gasteiger partial charge in [0.25, 0.3) is 5.69 Å². The predicted molar refractivity (Wildman–Crippen MR) is 103 cm³/mol. The predicted octanol–water partition coefficient (Wildman–Crippen LogP) is 5.17. The second-order valence-electron chi connectivity index (χ2n) is 7.27. The van der Waals surface area contributed by atoms with Crippen molar-refractivity contribution in [3.8, 4) is 0 Å². The molecular formula is C21H26N2O3. The lowest BCUT2D eigenvalue weighted by Gasteiger charge is -2.08. The molecule has 3 rings (SSSR count). The molecule has 0 bridgehead atoms. The Balaban J connectivity index is 1.68. The van der Waals surface area contributed by atoms with E-state index in [4.69, 9.17) is 0 Å². The molecule has 0 aliphatic heterocycles. The van der Waals surface area contributed by atoms with Crippen LogP contribution in [0.15, 0.2) is 42.5 Å². The van der Waals surface area contributed by atoms with Crippen molar-refractivity contribution in [2.24, 2.45) is 17.8 Å². The van der Waals surface area contributed by atoms with Gasteiger partial charge in [-0.2, -0.15) is 0 Å². The lowest BCUT2D eigenvalue weighted by atomic mass is 10.1. The van der Waals surface area contributed by atoms with E-state index in [0.29, 0.717) is 17.5 Å². The van der Waals surface area contributed by atoms with Crippen LogP contribution in [0.4, 0.5) is 11.4 Å². The first kappa shape index (κ1) is 18.4. The van der Waals surface area contributed by atoms with E-state index in [2.05, 4.69) is 29.6 Å². The van der Waals surface area contributed by atoms with Crippen LogP contribution in [0.2, 0.25) is 0 Å². The van der Waals surface area contributed by atoms with Crippen molar-refractivity contribution in [1.82, 2.24) is 0 Å². The molecule has 2 aliphatic rings. The minimum Gasteiger partial charge on any atom is -0.325 e. The molecule has 0 aromatic heterocycles. The summed E-state index contributed by atoms with van der Waals surface area (Å²) in [6.07, 6.45) is 15.2. The fourth-order valence-electron chi connectivity index (χ4n) is 3.94. The molecule has 2 aliphatic carbocycles. The molecule has 26 heavy (non-hydrogen) atoms. The number of rotatable bonds is 3. The van der Waals surface area contributed by atoms with E-state index >= 15 is 0 Å². The number of nitrogens with zero attached hydrogens (tertiary/aromatic N) is 1. The summed E-state index contributed by atoms with van der Waals surface area (Å²) in [6, 6.07) is 4.60. The van der Waals surface area contributed by atoms with Gasteiger partial charge in [-0.05, 0) is 62.8 Å². The molecule has 1 aromatic rings. The summed E-state index contributed by atoms with van der Waals surface area (Å²) >= 11 is 0. The maximum Gasteiger partial charge on any atom is 0.271 e. The molecule has 0 saturated heterocycles. The number of hydrogen-bond donors (Lipinski definition) is 1. The van der Waals surface area contributed by atoms with E-state index in [1.807, 2.05) is 6.92 Å². The zero-order valence-corrected chi connectivity index (χ0v) is 15.2. The van der Waals surface area contributed by atoms with Crippen molar-refractivity contribution in [2.45, 2.75) is 45.4 Å². The number of carbonyl (C=O) groups is 1. The van der Waals surface area contributed by atoms with E-state index in [1.54, 1.807) is 6.07 Å². The van der Waals surface area contributed by atoms with Gasteiger partial charge in [0.15, 0.2) is 0 Å². The lowest BCUT2D eigenvalue weighted by Crippen LogP contribution is -2.16. The van der Waals surface area contributed by atoms with Crippen molar-refractivity contribution in [3.63, 3.8) is 0 Å². The number of aryl methyl sites for hydroxylation is 1. The highest BCUT2D eigenvalue weighted by atomic mass is 16.6. The smallest absolute Gasteiger partial charge is 0.271 e. The normalized spacial score (nSPS) is 28.0. The number of hydrogen-bond acceptors (Lipinski definition) is 3. The summed E-state index contributed by atoms with van der Waals surface area (Å²) in [6.45, 7) is 1.85. The van der Waals surface area contributed by atoms with Crippen LogP contribution < -0.4 is 5.32 Å². The number of nitro benzene ring substituents is 1. The Morgan fingerprint density at radius 2 is 1.62 bits per heavy atom. The van der Waals surface area contributed by atoms with Crippen molar-refractivity contribution in [2.75, 3.05) is 5.32 Å². The van der Waals surface area contributed by atoms with Crippen molar-refractivity contribution < 1.29 is 9.72 Å². The Hall–Kier alpha value is -2.43. The number of nitrogens with one attached hydrogen (secondary N) is 1. The molecule has 0 heterocycles. The van der Waals surface area contributed by atoms with Gasteiger partial charge in [-0.15, -0.1) is 0 Å². The van der Waals surface area contributed by atoms with Crippen LogP contribution in [0, 0.1) is 34.8 Å². The minimum atomic E-state index is -0.433. The van der Waals surface area contributed by atoms with Gasteiger partial charge in [0.05, 0.1) is 10.6 Å². The number of allylic oxidation sites excluding steroid dienone is 4. The Morgan fingerprint density at radius 1 is 1.04 bits per heavy atom. The number of fused-ring (bicyclic) bond motifs is 1. The minimum absolute atomic E-state index is 0.00321. The van der Waals surface area contributed by atoms with Gasteiger partial charge < -0.3 is 5.32 Å². The summed E-state index contributed by atoms with van der Waals surface area (Å²) in [7, 11) is 0. The van der Waals surface area contributed by atoms with Gasteiger partial charge in [-0.25, -0.2) is 0 Å². The van der Waals surface area contributed by atoms with E-state index in [0.717, 1.165) is 44.1 Å². The monoisotopic (exact) mass is 354 g/mol. The van der Waals surface area contributed by atoms with Crippen LogP contribution in [-0.4, -0.2) is 10.8 Å². The van der Waals surface area contributed by atoms with Crippen LogP contribution in [0.5, 0.6) is 0 Å². The van der Waals surface area contributed by atoms with E-state index < -0.39 is 4.92 Å². The third-order valence-corrected chi connectivity index (χ3v) is 5.49. The summed E-state index contributed by atoms with van der Waals surface area (Å²) < 4.78 is 0. The van der Waals surface area contributed by atoms with Gasteiger partial charge in [0.1, 0.15) is 0 Å². The molecule has 0 spiro atoms. The number of non-ortho nitro benzene ring substituents is 1. The maximum atomic E-state index is 12.8. The molecular weight excluding hydrogens is 328 g/mol. The first-order chi connectivity index (χ1) is 12.6. The van der Waals surface area contributed by atoms with Gasteiger partial charge in [-0.1, -0.05) is 30.4 Å². The molecule has 1 saturated carbocycles. The lowest BCUT2D eigenvalue weighted by molar-refractivity contribution is -0.384. The second-order valence-corrected chi connectivity index (χ2v) is 7.27. The Labute approximate surface area is 154 Å². The highest BCUT2D eigenvalue weighted by Gasteiger charge is 2.52. The Bertz CT molecular complexity index is 715. The molecule has 0 radical (unpaired) electrons. The van der Waals surface area contributed by atoms with Crippen LogP contribution in [0.3, 0.4) is 0 Å². The molecule has 138 valence electrons. The Morgan fingerprint density at radius 3 is 2.19 bits per heavy atom. The van der Waals surface area contributed by atoms with Crippen LogP contribution in [0.1, 0.15) is 44.1 Å². The summed E-state index contributed by atoms with van der Waals surface area (Å²) in [5.41, 5.74) is 1.39. The SMILES string of the molecule is Cc1ccc([N+](=O)[O-])cc1NC(=O)C1[C@@H]2CC/C=C\CC/C=C\CC[C@@H]12. The van der Waals surface area contributed by atoms with E-state index in [1.165, 1.54) is 12.1 Å². The van der Waals surface area contributed by atoms with Gasteiger partial charge in [0, 0.05) is 18.1 Å². The number of amides is 1. The molecule has 0 unspecified atom stereocenters. The number of carbonyl (C=O) groups excluding carboxylic acids is 1. The molecule has 5 nitrogen and oxygen atoms in total. The largest absolute Gasteiger partial charge is 0.325 e. The maximum absolute atomic E-state index is 12.8. The van der Waals surface area contributed by atoms with E-state index in [-0.39, 0.29) is 17.5 Å². The van der Waals surface area contributed by atoms with Crippen LogP contribution in [-0.2, 0) is 4.79 Å². The summed E-state index contributed by atoms with van der Waals surface area (Å²) in [4.78, 5) is 23.3. The van der Waals surface area contributed by atoms with Gasteiger partial charge in [-0.3, -0.25) is 14.9 Å². The standard InChI is InChI=1S/C21H26N2O3/c1-15-12-13-16(23(25)26)14-19(15)22-21(24)20-17-10-8-6-4-2-3-5-7-9-11-18(17)20/h4-7,12-14,17-18,20H,2-3,8-11H2,1H3,(H,22,24)/b6-4-,7-5-/t17-,18-/m1/s1. The topological polar surface area (TPSA) is 72.2 Å². The second kappa shape index (κ2) is 8.30. The molecule has 1 fully saturated rings. The molecule has 2 atom stereocenters. The van der Waals surface area contributed by atoms with Crippen molar-refractivity contribution >= 4 is 17.3 Å². The first-order valence-electron chi connectivity index (χ1n) is 9.44. The van der Waals surface area contributed by atoms with E-state index in [9.17, 15) is 14.9 Å². The average molecular weight is 354 g/mol. The molecule has 1 aromatic carbocycles. The summed E-state index contributed by atoms with van der Waals surface area (Å²) in [5, 5.41) is 13.9. The molecule has 1 amide bonds. The highest BCUT2D eigenvalue weighted by Crippen LogP contribution is 2.52. The number of nitro groups is 1. The zero-order chi connectivity index (χ0) is 18.5.